The van der Waals surface area contributed by atoms with E-state index in [1.165, 1.54) is 6.34 Å². The SMILES string of the molecule is CCc1cnc(N2CCC(Oc3ncnc4c(-c5ccc(N=CN)cc5)cn(C)c34)CC2)nc1.N.N. The van der Waals surface area contributed by atoms with Crippen molar-refractivity contribution >= 4 is 29.0 Å². The Hall–Kier alpha value is -4.09. The van der Waals surface area contributed by atoms with Gasteiger partial charge in [0.25, 0.3) is 0 Å². The van der Waals surface area contributed by atoms with Crippen LogP contribution >= 0.6 is 0 Å². The van der Waals surface area contributed by atoms with Crippen molar-refractivity contribution in [3.63, 3.8) is 0 Å². The predicted octanol–water partition coefficient (Wildman–Crippen LogP) is 3.98. The van der Waals surface area contributed by atoms with E-state index >= 15 is 0 Å². The number of hydrogen-bond acceptors (Lipinski definition) is 9. The van der Waals surface area contributed by atoms with Gasteiger partial charge in [-0.2, -0.15) is 4.98 Å². The zero-order valence-electron chi connectivity index (χ0n) is 20.8. The summed E-state index contributed by atoms with van der Waals surface area (Å²) in [5.74, 6) is 1.40. The van der Waals surface area contributed by atoms with E-state index in [0.29, 0.717) is 5.88 Å². The first-order valence-corrected chi connectivity index (χ1v) is 11.5. The van der Waals surface area contributed by atoms with Crippen molar-refractivity contribution in [1.82, 2.24) is 36.8 Å². The molecule has 1 aliphatic heterocycles. The highest BCUT2D eigenvalue weighted by molar-refractivity contribution is 5.95. The summed E-state index contributed by atoms with van der Waals surface area (Å²) in [6.07, 6.45) is 11.5. The normalized spacial score (nSPS) is 14.0. The van der Waals surface area contributed by atoms with Crippen LogP contribution in [0.3, 0.4) is 0 Å². The molecule has 36 heavy (non-hydrogen) atoms. The van der Waals surface area contributed by atoms with Crippen molar-refractivity contribution in [2.24, 2.45) is 17.8 Å². The lowest BCUT2D eigenvalue weighted by molar-refractivity contribution is 0.165. The average Bonchev–Trinajstić information content (AvgIpc) is 3.22. The molecule has 8 N–H and O–H groups in total. The number of nitrogens with two attached hydrogens (primary N) is 1. The van der Waals surface area contributed by atoms with E-state index in [0.717, 1.165) is 71.7 Å². The third-order valence-corrected chi connectivity index (χ3v) is 6.22. The first kappa shape index (κ1) is 26.5. The fourth-order valence-electron chi connectivity index (χ4n) is 4.33. The van der Waals surface area contributed by atoms with Crippen molar-refractivity contribution in [1.29, 1.82) is 0 Å². The van der Waals surface area contributed by atoms with Crippen LogP contribution in [0.4, 0.5) is 11.6 Å². The highest BCUT2D eigenvalue weighted by Gasteiger charge is 2.24. The Morgan fingerprint density at radius 3 is 2.39 bits per heavy atom. The Morgan fingerprint density at radius 2 is 1.75 bits per heavy atom. The standard InChI is InChI=1S/C25H28N8O.2H3N/c1-3-17-12-27-25(28-13-17)33-10-8-20(9-11-33)34-24-23-22(30-16-31-24)21(14-32(23)2)18-4-6-19(7-5-18)29-15-26;;/h4-7,12-16,20H,3,8-11H2,1-2H3,(H2,26,29);2*1H3. The van der Waals surface area contributed by atoms with Crippen molar-refractivity contribution in [2.75, 3.05) is 18.0 Å². The van der Waals surface area contributed by atoms with Gasteiger partial charge in [0.15, 0.2) is 0 Å². The molecule has 3 aromatic heterocycles. The molecule has 0 amide bonds. The van der Waals surface area contributed by atoms with Crippen LogP contribution in [-0.2, 0) is 13.5 Å². The van der Waals surface area contributed by atoms with Gasteiger partial charge in [0, 0.05) is 57.1 Å². The van der Waals surface area contributed by atoms with E-state index in [-0.39, 0.29) is 18.4 Å². The number of rotatable bonds is 6. The smallest absolute Gasteiger partial charge is 0.242 e. The Morgan fingerprint density at radius 1 is 1.06 bits per heavy atom. The minimum Gasteiger partial charge on any atom is -0.473 e. The van der Waals surface area contributed by atoms with Crippen molar-refractivity contribution < 1.29 is 4.74 Å². The lowest BCUT2D eigenvalue weighted by atomic mass is 10.1. The Labute approximate surface area is 210 Å². The van der Waals surface area contributed by atoms with Gasteiger partial charge >= 0.3 is 0 Å². The van der Waals surface area contributed by atoms with Gasteiger partial charge in [0.2, 0.25) is 11.8 Å². The van der Waals surface area contributed by atoms with Gasteiger partial charge in [-0.05, 0) is 29.7 Å². The second kappa shape index (κ2) is 11.6. The Bertz CT molecular complexity index is 1290. The van der Waals surface area contributed by atoms with Crippen LogP contribution in [0.5, 0.6) is 5.88 Å². The van der Waals surface area contributed by atoms with Crippen LogP contribution in [0.2, 0.25) is 0 Å². The van der Waals surface area contributed by atoms with Gasteiger partial charge in [0.05, 0.1) is 12.0 Å². The fourth-order valence-corrected chi connectivity index (χ4v) is 4.33. The largest absolute Gasteiger partial charge is 0.473 e. The van der Waals surface area contributed by atoms with Crippen LogP contribution in [0.1, 0.15) is 25.3 Å². The van der Waals surface area contributed by atoms with Crippen LogP contribution in [0, 0.1) is 0 Å². The highest BCUT2D eigenvalue weighted by atomic mass is 16.5. The number of fused-ring (bicyclic) bond motifs is 1. The summed E-state index contributed by atoms with van der Waals surface area (Å²) in [4.78, 5) is 24.4. The molecule has 1 aliphatic rings. The summed E-state index contributed by atoms with van der Waals surface area (Å²) >= 11 is 0. The van der Waals surface area contributed by atoms with Gasteiger partial charge < -0.3 is 32.2 Å². The van der Waals surface area contributed by atoms with Crippen LogP contribution in [0.15, 0.2) is 54.2 Å². The molecule has 4 heterocycles. The van der Waals surface area contributed by atoms with Gasteiger partial charge in [-0.25, -0.2) is 19.9 Å². The summed E-state index contributed by atoms with van der Waals surface area (Å²) in [5.41, 5.74) is 11.2. The number of aliphatic imine (C=N–C) groups is 1. The quantitative estimate of drug-likeness (QED) is 0.266. The molecule has 4 aromatic rings. The molecule has 1 saturated heterocycles. The molecule has 0 atom stereocenters. The van der Waals surface area contributed by atoms with Crippen molar-refractivity contribution in [2.45, 2.75) is 32.3 Å². The maximum atomic E-state index is 6.40. The van der Waals surface area contributed by atoms with Gasteiger partial charge in [-0.1, -0.05) is 19.1 Å². The van der Waals surface area contributed by atoms with E-state index in [2.05, 4.69) is 42.9 Å². The lowest BCUT2D eigenvalue weighted by Crippen LogP contribution is -2.39. The average molecular weight is 491 g/mol. The minimum absolute atomic E-state index is 0. The molecule has 190 valence electrons. The molecule has 0 bridgehead atoms. The van der Waals surface area contributed by atoms with E-state index in [1.807, 2.05) is 48.3 Å². The number of aromatic nitrogens is 5. The molecule has 11 nitrogen and oxygen atoms in total. The van der Waals surface area contributed by atoms with E-state index in [4.69, 9.17) is 10.5 Å². The number of anilines is 1. The van der Waals surface area contributed by atoms with E-state index in [9.17, 15) is 0 Å². The van der Waals surface area contributed by atoms with Gasteiger partial charge in [-0.3, -0.25) is 0 Å². The highest BCUT2D eigenvalue weighted by Crippen LogP contribution is 2.34. The molecule has 0 radical (unpaired) electrons. The predicted molar refractivity (Wildman–Crippen MR) is 144 cm³/mol. The number of nitrogens with zero attached hydrogens (tertiary/aromatic N) is 7. The molecule has 1 fully saturated rings. The van der Waals surface area contributed by atoms with Crippen LogP contribution in [0.25, 0.3) is 22.2 Å². The number of aryl methyl sites for hydroxylation is 2. The second-order valence-electron chi connectivity index (χ2n) is 8.40. The summed E-state index contributed by atoms with van der Waals surface area (Å²) in [6.45, 7) is 3.80. The van der Waals surface area contributed by atoms with Gasteiger partial charge in [0.1, 0.15) is 23.5 Å². The maximum Gasteiger partial charge on any atom is 0.242 e. The maximum absolute atomic E-state index is 6.40. The third kappa shape index (κ3) is 5.26. The molecule has 0 saturated carbocycles. The summed E-state index contributed by atoms with van der Waals surface area (Å²) in [6, 6.07) is 7.90. The zero-order chi connectivity index (χ0) is 23.5. The number of benzene rings is 1. The second-order valence-corrected chi connectivity index (χ2v) is 8.40. The third-order valence-electron chi connectivity index (χ3n) is 6.22. The first-order valence-electron chi connectivity index (χ1n) is 11.5. The Kier molecular flexibility index (Phi) is 8.51. The molecule has 1 aromatic carbocycles. The summed E-state index contributed by atoms with van der Waals surface area (Å²) < 4.78 is 8.43. The van der Waals surface area contributed by atoms with Crippen LogP contribution in [-0.4, -0.2) is 50.0 Å². The molecular weight excluding hydrogens is 456 g/mol. The molecule has 11 heteroatoms. The molecule has 0 unspecified atom stereocenters. The monoisotopic (exact) mass is 490 g/mol. The van der Waals surface area contributed by atoms with E-state index < -0.39 is 0 Å². The van der Waals surface area contributed by atoms with Crippen LogP contribution < -0.4 is 27.7 Å². The molecular formula is C25H34N10O. The van der Waals surface area contributed by atoms with Crippen molar-refractivity contribution in [3.8, 4) is 17.0 Å². The van der Waals surface area contributed by atoms with Crippen molar-refractivity contribution in [3.05, 3.63) is 54.7 Å². The number of ether oxygens (including phenoxy) is 1. The molecule has 0 spiro atoms. The topological polar surface area (TPSA) is 177 Å². The first-order chi connectivity index (χ1) is 16.7. The fraction of sp³-hybridized carbons (Fsp3) is 0.320. The van der Waals surface area contributed by atoms with Gasteiger partial charge in [-0.15, -0.1) is 0 Å². The Balaban J connectivity index is 0.00000180. The summed E-state index contributed by atoms with van der Waals surface area (Å²) in [7, 11) is 2.00. The minimum atomic E-state index is 0. The number of hydrogen-bond donors (Lipinski definition) is 3. The van der Waals surface area contributed by atoms with E-state index in [1.54, 1.807) is 6.33 Å². The number of piperidine rings is 1. The molecule has 0 aliphatic carbocycles. The molecule has 5 rings (SSSR count). The zero-order valence-corrected chi connectivity index (χ0v) is 20.8. The lowest BCUT2D eigenvalue weighted by Gasteiger charge is -2.32. The summed E-state index contributed by atoms with van der Waals surface area (Å²) in [5, 5.41) is 0.